The fraction of sp³-hybridized carbons (Fsp3) is 0.500. The van der Waals surface area contributed by atoms with Gasteiger partial charge < -0.3 is 14.7 Å². The van der Waals surface area contributed by atoms with E-state index in [0.717, 1.165) is 12.8 Å². The lowest BCUT2D eigenvalue weighted by Crippen LogP contribution is -2.42. The Labute approximate surface area is 124 Å². The van der Waals surface area contributed by atoms with E-state index in [2.05, 4.69) is 0 Å². The molecule has 1 aliphatic heterocycles. The van der Waals surface area contributed by atoms with Crippen LogP contribution in [-0.2, 0) is 4.79 Å². The molecule has 21 heavy (non-hydrogen) atoms. The number of carboxylic acid groups (broad SMARTS) is 1. The Hall–Kier alpha value is -2.04. The Morgan fingerprint density at radius 2 is 2.14 bits per heavy atom. The van der Waals surface area contributed by atoms with Crippen molar-refractivity contribution >= 4 is 11.9 Å². The highest BCUT2D eigenvalue weighted by Gasteiger charge is 2.29. The zero-order valence-electron chi connectivity index (χ0n) is 12.2. The third-order valence-corrected chi connectivity index (χ3v) is 3.64. The van der Waals surface area contributed by atoms with Gasteiger partial charge in [-0.3, -0.25) is 9.59 Å². The predicted molar refractivity (Wildman–Crippen MR) is 78.5 cm³/mol. The minimum atomic E-state index is -0.831. The Morgan fingerprint density at radius 3 is 2.86 bits per heavy atom. The molecule has 5 heteroatoms. The molecular weight excluding hydrogens is 270 g/mol. The predicted octanol–water partition coefficient (Wildman–Crippen LogP) is 2.41. The second kappa shape index (κ2) is 7.11. The van der Waals surface area contributed by atoms with Crippen LogP contribution in [0, 0.1) is 5.92 Å². The molecule has 0 spiro atoms. The van der Waals surface area contributed by atoms with Crippen molar-refractivity contribution in [1.82, 2.24) is 4.90 Å². The van der Waals surface area contributed by atoms with Crippen LogP contribution in [0.1, 0.15) is 36.5 Å². The molecule has 1 saturated heterocycles. The molecule has 1 fully saturated rings. The van der Waals surface area contributed by atoms with Crippen molar-refractivity contribution in [3.8, 4) is 5.75 Å². The molecule has 0 aromatic heterocycles. The summed E-state index contributed by atoms with van der Waals surface area (Å²) >= 11 is 0. The van der Waals surface area contributed by atoms with Crippen molar-refractivity contribution < 1.29 is 19.4 Å². The molecule has 0 aliphatic carbocycles. The van der Waals surface area contributed by atoms with Crippen LogP contribution in [-0.4, -0.2) is 41.6 Å². The minimum Gasteiger partial charge on any atom is -0.493 e. The Balaban J connectivity index is 2.14. The lowest BCUT2D eigenvalue weighted by Gasteiger charge is -2.31. The van der Waals surface area contributed by atoms with Crippen LogP contribution in [0.3, 0.4) is 0 Å². The van der Waals surface area contributed by atoms with Crippen LogP contribution in [0.15, 0.2) is 24.3 Å². The molecule has 1 aliphatic rings. The van der Waals surface area contributed by atoms with Gasteiger partial charge in [0.2, 0.25) is 0 Å². The number of benzene rings is 1. The first kappa shape index (κ1) is 15.4. The lowest BCUT2D eigenvalue weighted by molar-refractivity contribution is -0.143. The summed E-state index contributed by atoms with van der Waals surface area (Å²) in [6.45, 7) is 3.44. The van der Waals surface area contributed by atoms with E-state index in [0.29, 0.717) is 30.9 Å². The Kier molecular flexibility index (Phi) is 5.20. The highest BCUT2D eigenvalue weighted by atomic mass is 16.5. The molecule has 1 amide bonds. The van der Waals surface area contributed by atoms with Crippen LogP contribution in [0.2, 0.25) is 0 Å². The molecule has 0 saturated carbocycles. The fourth-order valence-electron chi connectivity index (χ4n) is 2.51. The molecule has 1 aromatic carbocycles. The number of nitrogens with zero attached hydrogens (tertiary/aromatic N) is 1. The van der Waals surface area contributed by atoms with Crippen LogP contribution in [0.25, 0.3) is 0 Å². The summed E-state index contributed by atoms with van der Waals surface area (Å²) in [5, 5.41) is 9.12. The van der Waals surface area contributed by atoms with Crippen LogP contribution < -0.4 is 4.74 Å². The summed E-state index contributed by atoms with van der Waals surface area (Å²) in [5.74, 6) is -0.871. The Bertz CT molecular complexity index is 515. The topological polar surface area (TPSA) is 66.8 Å². The average molecular weight is 291 g/mol. The van der Waals surface area contributed by atoms with Gasteiger partial charge in [0.15, 0.2) is 0 Å². The number of hydrogen-bond acceptors (Lipinski definition) is 3. The number of carbonyl (C=O) groups is 2. The number of rotatable bonds is 5. The maximum absolute atomic E-state index is 12.6. The summed E-state index contributed by atoms with van der Waals surface area (Å²) in [7, 11) is 0. The molecule has 114 valence electrons. The Morgan fingerprint density at radius 1 is 1.38 bits per heavy atom. The summed E-state index contributed by atoms with van der Waals surface area (Å²) in [6.07, 6.45) is 2.22. The molecule has 1 unspecified atom stereocenters. The fourth-order valence-corrected chi connectivity index (χ4v) is 2.51. The number of hydrogen-bond donors (Lipinski definition) is 1. The first-order chi connectivity index (χ1) is 10.1. The summed E-state index contributed by atoms with van der Waals surface area (Å²) in [4.78, 5) is 25.3. The third-order valence-electron chi connectivity index (χ3n) is 3.64. The molecule has 5 nitrogen and oxygen atoms in total. The quantitative estimate of drug-likeness (QED) is 0.904. The number of aliphatic carboxylic acids is 1. The van der Waals surface area contributed by atoms with Crippen molar-refractivity contribution in [3.05, 3.63) is 29.8 Å². The number of ether oxygens (including phenoxy) is 1. The lowest BCUT2D eigenvalue weighted by atomic mass is 9.97. The molecule has 1 N–H and O–H groups in total. The van der Waals surface area contributed by atoms with E-state index in [9.17, 15) is 9.59 Å². The van der Waals surface area contributed by atoms with E-state index >= 15 is 0 Å². The number of para-hydroxylation sites is 1. The normalized spacial score (nSPS) is 18.3. The summed E-state index contributed by atoms with van der Waals surface area (Å²) < 4.78 is 5.61. The van der Waals surface area contributed by atoms with E-state index in [1.165, 1.54) is 0 Å². The van der Waals surface area contributed by atoms with E-state index in [4.69, 9.17) is 9.84 Å². The zero-order valence-corrected chi connectivity index (χ0v) is 12.2. The van der Waals surface area contributed by atoms with E-state index in [-0.39, 0.29) is 12.5 Å². The summed E-state index contributed by atoms with van der Waals surface area (Å²) in [5.41, 5.74) is 0.511. The standard InChI is InChI=1S/C16H21NO4/c1-2-10-21-14-8-4-3-7-13(14)15(18)17-9-5-6-12(11-17)16(19)20/h3-4,7-8,12H,2,5-6,9-11H2,1H3,(H,19,20). The van der Waals surface area contributed by atoms with Gasteiger partial charge in [-0.15, -0.1) is 0 Å². The van der Waals surface area contributed by atoms with E-state index in [1.54, 1.807) is 23.1 Å². The van der Waals surface area contributed by atoms with E-state index in [1.807, 2.05) is 13.0 Å². The molecule has 1 heterocycles. The van der Waals surface area contributed by atoms with Gasteiger partial charge in [0.05, 0.1) is 18.1 Å². The van der Waals surface area contributed by atoms with Gasteiger partial charge in [-0.1, -0.05) is 19.1 Å². The van der Waals surface area contributed by atoms with Crippen molar-refractivity contribution in [2.75, 3.05) is 19.7 Å². The van der Waals surface area contributed by atoms with Gasteiger partial charge in [0, 0.05) is 13.1 Å². The minimum absolute atomic E-state index is 0.146. The largest absolute Gasteiger partial charge is 0.493 e. The first-order valence-corrected chi connectivity index (χ1v) is 7.37. The highest BCUT2D eigenvalue weighted by molar-refractivity contribution is 5.97. The maximum atomic E-state index is 12.6. The maximum Gasteiger partial charge on any atom is 0.308 e. The smallest absolute Gasteiger partial charge is 0.308 e. The molecule has 0 radical (unpaired) electrons. The molecule has 2 rings (SSSR count). The summed E-state index contributed by atoms with van der Waals surface area (Å²) in [6, 6.07) is 7.14. The molecule has 1 atom stereocenters. The monoisotopic (exact) mass is 291 g/mol. The van der Waals surface area contributed by atoms with Crippen molar-refractivity contribution in [1.29, 1.82) is 0 Å². The second-order valence-corrected chi connectivity index (χ2v) is 5.27. The van der Waals surface area contributed by atoms with Gasteiger partial charge in [0.25, 0.3) is 5.91 Å². The second-order valence-electron chi connectivity index (χ2n) is 5.27. The van der Waals surface area contributed by atoms with Crippen LogP contribution in [0.5, 0.6) is 5.75 Å². The molecule has 1 aromatic rings. The number of carbonyl (C=O) groups excluding carboxylic acids is 1. The third kappa shape index (κ3) is 3.74. The van der Waals surface area contributed by atoms with Gasteiger partial charge in [-0.05, 0) is 31.4 Å². The molecule has 0 bridgehead atoms. The van der Waals surface area contributed by atoms with Gasteiger partial charge >= 0.3 is 5.97 Å². The van der Waals surface area contributed by atoms with Gasteiger partial charge in [0.1, 0.15) is 5.75 Å². The molecular formula is C16H21NO4. The number of carboxylic acids is 1. The zero-order chi connectivity index (χ0) is 15.2. The number of likely N-dealkylation sites (tertiary alicyclic amines) is 1. The van der Waals surface area contributed by atoms with Crippen molar-refractivity contribution in [2.45, 2.75) is 26.2 Å². The van der Waals surface area contributed by atoms with Crippen LogP contribution >= 0.6 is 0 Å². The first-order valence-electron chi connectivity index (χ1n) is 7.37. The number of piperidine rings is 1. The average Bonchev–Trinajstić information content (AvgIpc) is 2.52. The van der Waals surface area contributed by atoms with Crippen LogP contribution in [0.4, 0.5) is 0 Å². The van der Waals surface area contributed by atoms with E-state index < -0.39 is 11.9 Å². The van der Waals surface area contributed by atoms with Crippen molar-refractivity contribution in [3.63, 3.8) is 0 Å². The van der Waals surface area contributed by atoms with Gasteiger partial charge in [-0.2, -0.15) is 0 Å². The van der Waals surface area contributed by atoms with Gasteiger partial charge in [-0.25, -0.2) is 0 Å². The highest BCUT2D eigenvalue weighted by Crippen LogP contribution is 2.24. The number of amides is 1. The van der Waals surface area contributed by atoms with Crippen molar-refractivity contribution in [2.24, 2.45) is 5.92 Å². The SMILES string of the molecule is CCCOc1ccccc1C(=O)N1CCCC(C(=O)O)C1.